The van der Waals surface area contributed by atoms with E-state index in [0.29, 0.717) is 31.3 Å². The average Bonchev–Trinajstić information content (AvgIpc) is 2.99. The molecule has 1 aromatic carbocycles. The Bertz CT molecular complexity index is 634. The molecule has 2 aromatic rings. The molecule has 1 aromatic heterocycles. The molecule has 0 unspecified atom stereocenters. The van der Waals surface area contributed by atoms with Gasteiger partial charge in [-0.2, -0.15) is 0 Å². The van der Waals surface area contributed by atoms with Gasteiger partial charge in [0.05, 0.1) is 12.7 Å². The van der Waals surface area contributed by atoms with Crippen molar-refractivity contribution in [2.24, 2.45) is 0 Å². The molecule has 6 nitrogen and oxygen atoms in total. The van der Waals surface area contributed by atoms with E-state index in [4.69, 9.17) is 9.26 Å². The Kier molecular flexibility index (Phi) is 4.92. The smallest absolute Gasteiger partial charge is 0.323 e. The first-order valence-corrected chi connectivity index (χ1v) is 7.85. The average molecular weight is 315 g/mol. The van der Waals surface area contributed by atoms with Crippen LogP contribution in [0.4, 0.5) is 10.6 Å². The molecule has 0 radical (unpaired) electrons. The summed E-state index contributed by atoms with van der Waals surface area (Å²) in [7, 11) is 0. The number of likely N-dealkylation sites (tertiary alicyclic amines) is 1. The highest BCUT2D eigenvalue weighted by molar-refractivity contribution is 5.88. The number of hydrogen-bond acceptors (Lipinski definition) is 4. The van der Waals surface area contributed by atoms with E-state index in [1.807, 2.05) is 18.2 Å². The van der Waals surface area contributed by atoms with Crippen LogP contribution in [0.5, 0.6) is 0 Å². The van der Waals surface area contributed by atoms with Gasteiger partial charge in [0, 0.05) is 19.2 Å². The summed E-state index contributed by atoms with van der Waals surface area (Å²) >= 11 is 0. The van der Waals surface area contributed by atoms with E-state index in [-0.39, 0.29) is 12.1 Å². The monoisotopic (exact) mass is 315 g/mol. The first-order chi connectivity index (χ1) is 11.2. The molecule has 2 heterocycles. The number of urea groups is 1. The zero-order chi connectivity index (χ0) is 16.1. The summed E-state index contributed by atoms with van der Waals surface area (Å²) in [4.78, 5) is 13.9. The molecule has 0 spiro atoms. The van der Waals surface area contributed by atoms with E-state index >= 15 is 0 Å². The van der Waals surface area contributed by atoms with Gasteiger partial charge in [-0.15, -0.1) is 0 Å². The number of aryl methyl sites for hydroxylation is 1. The number of piperidine rings is 1. The predicted octanol–water partition coefficient (Wildman–Crippen LogP) is 3.20. The third-order valence-electron chi connectivity index (χ3n) is 3.92. The Morgan fingerprint density at radius 2 is 2.09 bits per heavy atom. The number of aromatic nitrogens is 1. The number of rotatable bonds is 4. The topological polar surface area (TPSA) is 67.6 Å². The molecule has 0 aliphatic carbocycles. The molecule has 1 fully saturated rings. The summed E-state index contributed by atoms with van der Waals surface area (Å²) in [6, 6.07) is 11.7. The minimum absolute atomic E-state index is 0.139. The molecule has 0 saturated carbocycles. The normalized spacial score (nSPS) is 15.6. The largest absolute Gasteiger partial charge is 0.373 e. The highest BCUT2D eigenvalue weighted by Gasteiger charge is 2.23. The number of amides is 2. The first-order valence-electron chi connectivity index (χ1n) is 7.85. The Hall–Kier alpha value is -2.34. The zero-order valence-corrected chi connectivity index (χ0v) is 13.2. The van der Waals surface area contributed by atoms with Crippen molar-refractivity contribution in [2.45, 2.75) is 32.5 Å². The van der Waals surface area contributed by atoms with Gasteiger partial charge < -0.3 is 14.2 Å². The molecule has 0 bridgehead atoms. The molecule has 1 saturated heterocycles. The quantitative estimate of drug-likeness (QED) is 0.941. The fourth-order valence-corrected chi connectivity index (χ4v) is 2.63. The molecule has 6 heteroatoms. The fraction of sp³-hybridized carbons (Fsp3) is 0.412. The van der Waals surface area contributed by atoms with Gasteiger partial charge in [-0.25, -0.2) is 4.79 Å². The summed E-state index contributed by atoms with van der Waals surface area (Å²) < 4.78 is 10.9. The van der Waals surface area contributed by atoms with E-state index in [0.717, 1.165) is 12.8 Å². The van der Waals surface area contributed by atoms with Crippen molar-refractivity contribution in [1.29, 1.82) is 0 Å². The zero-order valence-electron chi connectivity index (χ0n) is 13.2. The van der Waals surface area contributed by atoms with Crippen molar-refractivity contribution in [3.05, 3.63) is 47.7 Å². The molecule has 23 heavy (non-hydrogen) atoms. The van der Waals surface area contributed by atoms with Crippen molar-refractivity contribution in [3.63, 3.8) is 0 Å². The number of benzene rings is 1. The van der Waals surface area contributed by atoms with E-state index in [1.54, 1.807) is 17.9 Å². The van der Waals surface area contributed by atoms with Gasteiger partial charge in [0.15, 0.2) is 5.82 Å². The molecule has 2 amide bonds. The molecule has 0 atom stereocenters. The lowest BCUT2D eigenvalue weighted by Gasteiger charge is -2.31. The van der Waals surface area contributed by atoms with Crippen LogP contribution in [0.3, 0.4) is 0 Å². The minimum atomic E-state index is -0.139. The third kappa shape index (κ3) is 4.32. The molecule has 122 valence electrons. The second kappa shape index (κ2) is 7.28. The van der Waals surface area contributed by atoms with Gasteiger partial charge in [0.1, 0.15) is 5.76 Å². The second-order valence-corrected chi connectivity index (χ2v) is 5.74. The maximum absolute atomic E-state index is 12.2. The van der Waals surface area contributed by atoms with Crippen molar-refractivity contribution < 1.29 is 14.1 Å². The summed E-state index contributed by atoms with van der Waals surface area (Å²) in [6.45, 7) is 3.78. The maximum atomic E-state index is 12.2. The van der Waals surface area contributed by atoms with Gasteiger partial charge in [0.25, 0.3) is 0 Å². The van der Waals surface area contributed by atoms with Gasteiger partial charge in [-0.3, -0.25) is 5.32 Å². The molecule has 1 aliphatic heterocycles. The lowest BCUT2D eigenvalue weighted by atomic mass is 10.1. The van der Waals surface area contributed by atoms with E-state index in [9.17, 15) is 4.79 Å². The van der Waals surface area contributed by atoms with Crippen LogP contribution >= 0.6 is 0 Å². The predicted molar refractivity (Wildman–Crippen MR) is 86.1 cm³/mol. The van der Waals surface area contributed by atoms with Crippen molar-refractivity contribution >= 4 is 11.8 Å². The third-order valence-corrected chi connectivity index (χ3v) is 3.92. The van der Waals surface area contributed by atoms with Crippen LogP contribution in [0.1, 0.15) is 24.2 Å². The van der Waals surface area contributed by atoms with Crippen LogP contribution in [0.15, 0.2) is 40.9 Å². The van der Waals surface area contributed by atoms with Crippen LogP contribution in [-0.2, 0) is 11.3 Å². The molecular weight excluding hydrogens is 294 g/mol. The Morgan fingerprint density at radius 1 is 1.35 bits per heavy atom. The lowest BCUT2D eigenvalue weighted by Crippen LogP contribution is -2.43. The molecular formula is C17H21N3O3. The van der Waals surface area contributed by atoms with Gasteiger partial charge in [0.2, 0.25) is 0 Å². The number of nitrogens with zero attached hydrogens (tertiary/aromatic N) is 2. The lowest BCUT2D eigenvalue weighted by molar-refractivity contribution is 0.00539. The summed E-state index contributed by atoms with van der Waals surface area (Å²) in [5.74, 6) is 1.13. The minimum Gasteiger partial charge on any atom is -0.373 e. The Balaban J connectivity index is 1.42. The number of nitrogens with one attached hydrogen (secondary N) is 1. The maximum Gasteiger partial charge on any atom is 0.323 e. The molecule has 1 aliphatic rings. The number of hydrogen-bond donors (Lipinski definition) is 1. The standard InChI is InChI=1S/C17H21N3O3/c1-13-11-16(19-23-13)18-17(21)20-9-7-15(8-10-20)22-12-14-5-3-2-4-6-14/h2-6,11,15H,7-10,12H2,1H3,(H,18,19,21). The van der Waals surface area contributed by atoms with E-state index in [2.05, 4.69) is 22.6 Å². The number of anilines is 1. The van der Waals surface area contributed by atoms with Crippen LogP contribution in [0.2, 0.25) is 0 Å². The first kappa shape index (κ1) is 15.6. The van der Waals surface area contributed by atoms with Crippen LogP contribution < -0.4 is 5.32 Å². The van der Waals surface area contributed by atoms with Gasteiger partial charge >= 0.3 is 6.03 Å². The van der Waals surface area contributed by atoms with Crippen LogP contribution in [0.25, 0.3) is 0 Å². The second-order valence-electron chi connectivity index (χ2n) is 5.74. The van der Waals surface area contributed by atoms with Crippen LogP contribution in [-0.4, -0.2) is 35.3 Å². The number of carbonyl (C=O) groups excluding carboxylic acids is 1. The van der Waals surface area contributed by atoms with Crippen LogP contribution in [0, 0.1) is 6.92 Å². The SMILES string of the molecule is Cc1cc(NC(=O)N2CCC(OCc3ccccc3)CC2)no1. The highest BCUT2D eigenvalue weighted by Crippen LogP contribution is 2.17. The van der Waals surface area contributed by atoms with Crippen molar-refractivity contribution in [3.8, 4) is 0 Å². The van der Waals surface area contributed by atoms with Crippen molar-refractivity contribution in [1.82, 2.24) is 10.1 Å². The number of ether oxygens (including phenoxy) is 1. The Labute approximate surface area is 135 Å². The Morgan fingerprint density at radius 3 is 2.74 bits per heavy atom. The highest BCUT2D eigenvalue weighted by atomic mass is 16.5. The summed E-state index contributed by atoms with van der Waals surface area (Å²) in [5, 5.41) is 6.52. The summed E-state index contributed by atoms with van der Waals surface area (Å²) in [6.07, 6.45) is 1.89. The van der Waals surface area contributed by atoms with Gasteiger partial charge in [-0.1, -0.05) is 35.5 Å². The fourth-order valence-electron chi connectivity index (χ4n) is 2.63. The van der Waals surface area contributed by atoms with Gasteiger partial charge in [-0.05, 0) is 25.3 Å². The van der Waals surface area contributed by atoms with Crippen molar-refractivity contribution in [2.75, 3.05) is 18.4 Å². The molecule has 1 N–H and O–H groups in total. The summed E-state index contributed by atoms with van der Waals surface area (Å²) in [5.41, 5.74) is 1.18. The van der Waals surface area contributed by atoms with E-state index in [1.165, 1.54) is 5.56 Å². The number of carbonyl (C=O) groups is 1. The van der Waals surface area contributed by atoms with E-state index < -0.39 is 0 Å². The molecule has 3 rings (SSSR count).